The highest BCUT2D eigenvalue weighted by Crippen LogP contribution is 2.19. The van der Waals surface area contributed by atoms with Crippen molar-refractivity contribution in [2.45, 2.75) is 52.4 Å². The second-order valence-electron chi connectivity index (χ2n) is 4.40. The zero-order chi connectivity index (χ0) is 14.0. The zero-order valence-corrected chi connectivity index (χ0v) is 13.5. The molecule has 0 aliphatic carbocycles. The Kier molecular flexibility index (Phi) is 8.85. The van der Waals surface area contributed by atoms with Crippen LogP contribution in [0, 0.1) is 0 Å². The Balaban J connectivity index is 2.28. The molecule has 19 heavy (non-hydrogen) atoms. The number of rotatable bonds is 11. The summed E-state index contributed by atoms with van der Waals surface area (Å²) in [5, 5.41) is 0. The molecule has 0 radical (unpaired) electrons. The highest BCUT2D eigenvalue weighted by molar-refractivity contribution is 6.60. The van der Waals surface area contributed by atoms with E-state index in [1.807, 2.05) is 20.8 Å². The van der Waals surface area contributed by atoms with E-state index in [1.54, 1.807) is 0 Å². The van der Waals surface area contributed by atoms with Crippen LogP contribution in [0.1, 0.15) is 40.0 Å². The molecule has 6 heteroatoms. The van der Waals surface area contributed by atoms with E-state index in [2.05, 4.69) is 0 Å². The summed E-state index contributed by atoms with van der Waals surface area (Å²) in [4.78, 5) is 0. The summed E-state index contributed by atoms with van der Waals surface area (Å²) in [6.45, 7) is 9.29. The number of hydrogen-bond donors (Lipinski definition) is 0. The lowest BCUT2D eigenvalue weighted by atomic mass is 10.4. The van der Waals surface area contributed by atoms with Crippen LogP contribution in [0.4, 0.5) is 0 Å². The predicted octanol–water partition coefficient (Wildman–Crippen LogP) is 2.58. The molecule has 1 rings (SSSR count). The van der Waals surface area contributed by atoms with Crippen LogP contribution in [0.5, 0.6) is 0 Å². The summed E-state index contributed by atoms with van der Waals surface area (Å²) >= 11 is 0. The van der Waals surface area contributed by atoms with Gasteiger partial charge in [-0.1, -0.05) is 0 Å². The standard InChI is InChI=1S/C13H28O5Si/c1-4-16-19(17-5-2,18-6-3)12-8-11-15-13-9-7-10-14-13/h13H,4-12H2,1-3H3. The molecule has 114 valence electrons. The second-order valence-corrected chi connectivity index (χ2v) is 7.13. The van der Waals surface area contributed by atoms with Crippen molar-refractivity contribution in [3.8, 4) is 0 Å². The van der Waals surface area contributed by atoms with Crippen LogP contribution >= 0.6 is 0 Å². The minimum Gasteiger partial charge on any atom is -0.374 e. The van der Waals surface area contributed by atoms with Crippen LogP contribution in [-0.4, -0.2) is 48.1 Å². The van der Waals surface area contributed by atoms with E-state index in [1.165, 1.54) is 0 Å². The fourth-order valence-electron chi connectivity index (χ4n) is 2.18. The molecule has 1 aliphatic heterocycles. The molecule has 0 aromatic rings. The van der Waals surface area contributed by atoms with E-state index in [9.17, 15) is 0 Å². The van der Waals surface area contributed by atoms with Gasteiger partial charge < -0.3 is 22.8 Å². The molecule has 1 heterocycles. The van der Waals surface area contributed by atoms with Gasteiger partial charge in [-0.25, -0.2) is 0 Å². The quantitative estimate of drug-likeness (QED) is 0.433. The largest absolute Gasteiger partial charge is 0.501 e. The van der Waals surface area contributed by atoms with Gasteiger partial charge in [0.2, 0.25) is 0 Å². The predicted molar refractivity (Wildman–Crippen MR) is 75.0 cm³/mol. The molecule has 0 saturated carbocycles. The molecule has 1 unspecified atom stereocenters. The third-order valence-corrected chi connectivity index (χ3v) is 6.06. The van der Waals surface area contributed by atoms with Gasteiger partial charge >= 0.3 is 8.80 Å². The van der Waals surface area contributed by atoms with Gasteiger partial charge in [-0.2, -0.15) is 0 Å². The van der Waals surface area contributed by atoms with Crippen molar-refractivity contribution in [2.24, 2.45) is 0 Å². The molecule has 1 atom stereocenters. The molecule has 0 amide bonds. The molecule has 0 spiro atoms. The average Bonchev–Trinajstić information content (AvgIpc) is 2.89. The summed E-state index contributed by atoms with van der Waals surface area (Å²) in [7, 11) is -2.49. The molecule has 0 aromatic heterocycles. The first-order chi connectivity index (χ1) is 9.26. The van der Waals surface area contributed by atoms with Crippen LogP contribution in [-0.2, 0) is 22.8 Å². The van der Waals surface area contributed by atoms with E-state index in [-0.39, 0.29) is 6.29 Å². The highest BCUT2D eigenvalue weighted by atomic mass is 28.4. The normalized spacial score (nSPS) is 20.1. The molecular weight excluding hydrogens is 264 g/mol. The van der Waals surface area contributed by atoms with Crippen molar-refractivity contribution in [3.05, 3.63) is 0 Å². The summed E-state index contributed by atoms with van der Waals surface area (Å²) in [6, 6.07) is 0.801. The summed E-state index contributed by atoms with van der Waals surface area (Å²) < 4.78 is 28.5. The molecule has 0 aromatic carbocycles. The van der Waals surface area contributed by atoms with Gasteiger partial charge in [0.25, 0.3) is 0 Å². The Bertz CT molecular complexity index is 204. The molecule has 1 saturated heterocycles. The van der Waals surface area contributed by atoms with Crippen LogP contribution < -0.4 is 0 Å². The second kappa shape index (κ2) is 9.85. The van der Waals surface area contributed by atoms with Gasteiger partial charge in [0.05, 0.1) is 0 Å². The zero-order valence-electron chi connectivity index (χ0n) is 12.5. The Labute approximate surface area is 117 Å². The Morgan fingerprint density at radius 1 is 1.05 bits per heavy atom. The molecular formula is C13H28O5Si. The Morgan fingerprint density at radius 2 is 1.68 bits per heavy atom. The van der Waals surface area contributed by atoms with Crippen molar-refractivity contribution < 1.29 is 22.8 Å². The van der Waals surface area contributed by atoms with Gasteiger partial charge in [0.1, 0.15) is 0 Å². The van der Waals surface area contributed by atoms with E-state index in [4.69, 9.17) is 22.8 Å². The van der Waals surface area contributed by atoms with Crippen LogP contribution in [0.15, 0.2) is 0 Å². The molecule has 5 nitrogen and oxygen atoms in total. The van der Waals surface area contributed by atoms with Crippen molar-refractivity contribution >= 4 is 8.80 Å². The first-order valence-electron chi connectivity index (χ1n) is 7.41. The fourth-order valence-corrected chi connectivity index (χ4v) is 4.76. The molecule has 0 N–H and O–H groups in total. The van der Waals surface area contributed by atoms with Gasteiger partial charge in [-0.15, -0.1) is 0 Å². The van der Waals surface area contributed by atoms with Gasteiger partial charge in [-0.05, 0) is 33.6 Å². The lowest BCUT2D eigenvalue weighted by Crippen LogP contribution is -2.46. The van der Waals surface area contributed by atoms with Crippen LogP contribution in [0.25, 0.3) is 0 Å². The molecule has 1 aliphatic rings. The Morgan fingerprint density at radius 3 is 2.16 bits per heavy atom. The van der Waals surface area contributed by atoms with Crippen LogP contribution in [0.2, 0.25) is 6.04 Å². The first kappa shape index (κ1) is 17.1. The van der Waals surface area contributed by atoms with Gasteiger partial charge in [0.15, 0.2) is 6.29 Å². The maximum Gasteiger partial charge on any atom is 0.501 e. The van der Waals surface area contributed by atoms with E-state index >= 15 is 0 Å². The van der Waals surface area contributed by atoms with E-state index in [0.29, 0.717) is 26.4 Å². The van der Waals surface area contributed by atoms with E-state index < -0.39 is 8.80 Å². The fraction of sp³-hybridized carbons (Fsp3) is 1.00. The third-order valence-electron chi connectivity index (χ3n) is 2.91. The van der Waals surface area contributed by atoms with E-state index in [0.717, 1.165) is 31.9 Å². The maximum atomic E-state index is 5.79. The smallest absolute Gasteiger partial charge is 0.374 e. The van der Waals surface area contributed by atoms with Crippen LogP contribution in [0.3, 0.4) is 0 Å². The van der Waals surface area contributed by atoms with Crippen molar-refractivity contribution in [3.63, 3.8) is 0 Å². The van der Waals surface area contributed by atoms with Crippen molar-refractivity contribution in [1.82, 2.24) is 0 Å². The lowest BCUT2D eigenvalue weighted by Gasteiger charge is -2.28. The summed E-state index contributed by atoms with van der Waals surface area (Å²) in [5.74, 6) is 0. The van der Waals surface area contributed by atoms with Crippen molar-refractivity contribution in [1.29, 1.82) is 0 Å². The minimum absolute atomic E-state index is 0.0117. The van der Waals surface area contributed by atoms with Gasteiger partial charge in [-0.3, -0.25) is 0 Å². The van der Waals surface area contributed by atoms with Gasteiger partial charge in [0, 0.05) is 45.5 Å². The third kappa shape index (κ3) is 6.33. The SMILES string of the molecule is CCO[Si](CCCOC1CCCO1)(OCC)OCC. The average molecular weight is 292 g/mol. The van der Waals surface area contributed by atoms with Crippen molar-refractivity contribution in [2.75, 3.05) is 33.0 Å². The minimum atomic E-state index is -2.49. The monoisotopic (exact) mass is 292 g/mol. The summed E-state index contributed by atoms with van der Waals surface area (Å²) in [5.41, 5.74) is 0. The molecule has 0 bridgehead atoms. The highest BCUT2D eigenvalue weighted by Gasteiger charge is 2.39. The Hall–Kier alpha value is 0.0169. The number of ether oxygens (including phenoxy) is 2. The maximum absolute atomic E-state index is 5.79. The topological polar surface area (TPSA) is 46.2 Å². The first-order valence-corrected chi connectivity index (χ1v) is 9.34. The summed E-state index contributed by atoms with van der Waals surface area (Å²) in [6.07, 6.45) is 2.97. The molecule has 1 fully saturated rings. The lowest BCUT2D eigenvalue weighted by molar-refractivity contribution is -0.111. The number of hydrogen-bond acceptors (Lipinski definition) is 5.